The summed E-state index contributed by atoms with van der Waals surface area (Å²) in [5.74, 6) is 2.00. The summed E-state index contributed by atoms with van der Waals surface area (Å²) in [6.45, 7) is 0. The molecular weight excluding hydrogens is 601 g/mol. The van der Waals surface area contributed by atoms with Crippen molar-refractivity contribution in [2.45, 2.75) is 0 Å². The largest absolute Gasteiger partial charge is 0.236 e. The fourth-order valence-electron chi connectivity index (χ4n) is 5.84. The summed E-state index contributed by atoms with van der Waals surface area (Å²) >= 11 is 3.56. The summed E-state index contributed by atoms with van der Waals surface area (Å²) in [7, 11) is 0. The van der Waals surface area contributed by atoms with E-state index in [1.54, 1.807) is 11.3 Å². The lowest BCUT2D eigenvalue weighted by Crippen LogP contribution is -2.00. The molecule has 9 aromatic rings. The molecule has 9 rings (SSSR count). The van der Waals surface area contributed by atoms with E-state index in [1.807, 2.05) is 78.1 Å². The van der Waals surface area contributed by atoms with Crippen LogP contribution in [0.5, 0.6) is 0 Å². The van der Waals surface area contributed by atoms with E-state index in [4.69, 9.17) is 19.9 Å². The Hall–Kier alpha value is -5.56. The van der Waals surface area contributed by atoms with E-state index in [0.717, 1.165) is 32.8 Å². The van der Waals surface area contributed by atoms with Gasteiger partial charge in [0.25, 0.3) is 0 Å². The second-order valence-electron chi connectivity index (χ2n) is 11.1. The summed E-state index contributed by atoms with van der Waals surface area (Å²) in [6, 6.07) is 50.5. The Labute approximate surface area is 273 Å². The Bertz CT molecular complexity index is 2460. The molecule has 4 nitrogen and oxygen atoms in total. The van der Waals surface area contributed by atoms with Crippen LogP contribution in [0.2, 0.25) is 0 Å². The second-order valence-corrected chi connectivity index (χ2v) is 13.2. The Morgan fingerprint density at radius 2 is 0.870 bits per heavy atom. The Morgan fingerprint density at radius 1 is 0.326 bits per heavy atom. The van der Waals surface area contributed by atoms with Crippen molar-refractivity contribution in [2.75, 3.05) is 0 Å². The average Bonchev–Trinajstić information content (AvgIpc) is 3.73. The SMILES string of the molecule is c1ccc(-c2nc(-c3ccccc3)nc(-c3ccc4sc5cc(-c6ccc7nc(-c8ccccc8)sc7c6)ccc5c4c3)n2)cc1. The standard InChI is InChI=1S/C40H24N4S2/c1-4-10-25(11-5-1)37-42-38(26-12-6-2-7-13-26)44-39(43-37)30-18-21-34-32(22-30)31-19-16-28(23-35(31)45-34)29-17-20-33-36(24-29)46-40(41-33)27-14-8-3-9-15-27/h1-24H. The molecule has 0 N–H and O–H groups in total. The first-order valence-corrected chi connectivity index (χ1v) is 16.7. The second kappa shape index (κ2) is 11.1. The molecule has 6 aromatic carbocycles. The topological polar surface area (TPSA) is 51.6 Å². The predicted octanol–water partition coefficient (Wildman–Crippen LogP) is 11.2. The van der Waals surface area contributed by atoms with Crippen LogP contribution in [0, 0.1) is 0 Å². The Morgan fingerprint density at radius 3 is 1.52 bits per heavy atom. The minimum atomic E-state index is 0.665. The molecule has 0 saturated carbocycles. The molecule has 0 saturated heterocycles. The first-order valence-electron chi connectivity index (χ1n) is 15.1. The molecular formula is C40H24N4S2. The molecule has 46 heavy (non-hydrogen) atoms. The van der Waals surface area contributed by atoms with Gasteiger partial charge in [-0.15, -0.1) is 22.7 Å². The van der Waals surface area contributed by atoms with Crippen LogP contribution in [0.4, 0.5) is 0 Å². The number of hydrogen-bond acceptors (Lipinski definition) is 6. The Kier molecular flexibility index (Phi) is 6.47. The molecule has 0 radical (unpaired) electrons. The number of benzene rings is 6. The zero-order chi connectivity index (χ0) is 30.5. The van der Waals surface area contributed by atoms with E-state index in [1.165, 1.54) is 36.0 Å². The fraction of sp³-hybridized carbons (Fsp3) is 0. The van der Waals surface area contributed by atoms with E-state index in [9.17, 15) is 0 Å². The van der Waals surface area contributed by atoms with Crippen molar-refractivity contribution in [1.29, 1.82) is 0 Å². The van der Waals surface area contributed by atoms with Gasteiger partial charge in [-0.3, -0.25) is 0 Å². The van der Waals surface area contributed by atoms with Crippen molar-refractivity contribution < 1.29 is 0 Å². The molecule has 0 bridgehead atoms. The van der Waals surface area contributed by atoms with Gasteiger partial charge in [0.15, 0.2) is 17.5 Å². The highest BCUT2D eigenvalue weighted by Crippen LogP contribution is 2.39. The summed E-state index contributed by atoms with van der Waals surface area (Å²) in [6.07, 6.45) is 0. The molecule has 3 aromatic heterocycles. The molecule has 0 atom stereocenters. The number of thiazole rings is 1. The fourth-order valence-corrected chi connectivity index (χ4v) is 7.98. The zero-order valence-electron chi connectivity index (χ0n) is 24.5. The van der Waals surface area contributed by atoms with Crippen LogP contribution in [0.25, 0.3) is 86.3 Å². The van der Waals surface area contributed by atoms with Crippen LogP contribution in [-0.4, -0.2) is 19.9 Å². The van der Waals surface area contributed by atoms with Gasteiger partial charge in [-0.2, -0.15) is 0 Å². The highest BCUT2D eigenvalue weighted by molar-refractivity contribution is 7.25. The van der Waals surface area contributed by atoms with E-state index in [2.05, 4.69) is 78.9 Å². The quantitative estimate of drug-likeness (QED) is 0.191. The van der Waals surface area contributed by atoms with Gasteiger partial charge in [0.2, 0.25) is 0 Å². The maximum absolute atomic E-state index is 4.95. The van der Waals surface area contributed by atoms with Gasteiger partial charge in [0.05, 0.1) is 10.2 Å². The van der Waals surface area contributed by atoms with Crippen molar-refractivity contribution in [3.05, 3.63) is 146 Å². The number of hydrogen-bond donors (Lipinski definition) is 0. The van der Waals surface area contributed by atoms with Crippen molar-refractivity contribution in [3.8, 4) is 55.9 Å². The average molecular weight is 625 g/mol. The normalized spacial score (nSPS) is 11.5. The molecule has 0 spiro atoms. The van der Waals surface area contributed by atoms with Gasteiger partial charge in [0, 0.05) is 42.4 Å². The lowest BCUT2D eigenvalue weighted by Gasteiger charge is -2.08. The van der Waals surface area contributed by atoms with Crippen molar-refractivity contribution in [1.82, 2.24) is 19.9 Å². The molecule has 216 valence electrons. The van der Waals surface area contributed by atoms with Crippen LogP contribution in [-0.2, 0) is 0 Å². The smallest absolute Gasteiger partial charge is 0.164 e. The number of rotatable bonds is 5. The monoisotopic (exact) mass is 624 g/mol. The highest BCUT2D eigenvalue weighted by Gasteiger charge is 2.15. The minimum absolute atomic E-state index is 0.665. The number of nitrogens with zero attached hydrogens (tertiary/aromatic N) is 4. The molecule has 0 aliphatic heterocycles. The van der Waals surface area contributed by atoms with Crippen molar-refractivity contribution in [2.24, 2.45) is 0 Å². The van der Waals surface area contributed by atoms with E-state index >= 15 is 0 Å². The van der Waals surface area contributed by atoms with Gasteiger partial charge in [-0.05, 0) is 47.5 Å². The van der Waals surface area contributed by atoms with Gasteiger partial charge < -0.3 is 0 Å². The van der Waals surface area contributed by atoms with Gasteiger partial charge >= 0.3 is 0 Å². The van der Waals surface area contributed by atoms with Crippen molar-refractivity contribution >= 4 is 53.1 Å². The molecule has 0 amide bonds. The van der Waals surface area contributed by atoms with Crippen molar-refractivity contribution in [3.63, 3.8) is 0 Å². The number of thiophene rings is 1. The molecule has 3 heterocycles. The number of fused-ring (bicyclic) bond motifs is 4. The van der Waals surface area contributed by atoms with E-state index in [0.29, 0.717) is 17.5 Å². The van der Waals surface area contributed by atoms with Crippen LogP contribution >= 0.6 is 22.7 Å². The molecule has 0 aliphatic rings. The molecule has 0 unspecified atom stereocenters. The van der Waals surface area contributed by atoms with Crippen LogP contribution in [0.3, 0.4) is 0 Å². The van der Waals surface area contributed by atoms with Crippen LogP contribution in [0.15, 0.2) is 146 Å². The third kappa shape index (κ3) is 4.85. The molecule has 6 heteroatoms. The molecule has 0 fully saturated rings. The third-order valence-electron chi connectivity index (χ3n) is 8.17. The maximum atomic E-state index is 4.95. The summed E-state index contributed by atoms with van der Waals surface area (Å²) < 4.78 is 3.69. The zero-order valence-corrected chi connectivity index (χ0v) is 26.1. The third-order valence-corrected chi connectivity index (χ3v) is 10.4. The lowest BCUT2D eigenvalue weighted by atomic mass is 10.0. The predicted molar refractivity (Wildman–Crippen MR) is 193 cm³/mol. The summed E-state index contributed by atoms with van der Waals surface area (Å²) in [5, 5.41) is 3.49. The van der Waals surface area contributed by atoms with E-state index < -0.39 is 0 Å². The van der Waals surface area contributed by atoms with Gasteiger partial charge in [-0.1, -0.05) is 109 Å². The van der Waals surface area contributed by atoms with E-state index in [-0.39, 0.29) is 0 Å². The van der Waals surface area contributed by atoms with Crippen LogP contribution in [0.1, 0.15) is 0 Å². The summed E-state index contributed by atoms with van der Waals surface area (Å²) in [5.41, 5.74) is 7.49. The molecule has 0 aliphatic carbocycles. The highest BCUT2D eigenvalue weighted by atomic mass is 32.1. The minimum Gasteiger partial charge on any atom is -0.236 e. The lowest BCUT2D eigenvalue weighted by molar-refractivity contribution is 1.07. The Balaban J connectivity index is 1.11. The van der Waals surface area contributed by atoms with Crippen LogP contribution < -0.4 is 0 Å². The maximum Gasteiger partial charge on any atom is 0.164 e. The first-order chi connectivity index (χ1) is 22.7. The summed E-state index contributed by atoms with van der Waals surface area (Å²) in [4.78, 5) is 19.6. The van der Waals surface area contributed by atoms with Gasteiger partial charge in [0.1, 0.15) is 5.01 Å². The van der Waals surface area contributed by atoms with Gasteiger partial charge in [-0.25, -0.2) is 19.9 Å². The first kappa shape index (κ1) is 26.8. The number of aromatic nitrogens is 4.